The van der Waals surface area contributed by atoms with E-state index in [0.717, 1.165) is 25.7 Å². The molecule has 70 valence electrons. The van der Waals surface area contributed by atoms with Gasteiger partial charge in [0.2, 0.25) is 6.41 Å². The summed E-state index contributed by atoms with van der Waals surface area (Å²) in [6, 6.07) is 0.176. The van der Waals surface area contributed by atoms with Crippen molar-refractivity contribution in [2.75, 3.05) is 0 Å². The van der Waals surface area contributed by atoms with Crippen molar-refractivity contribution in [3.8, 4) is 0 Å². The second-order valence-electron chi connectivity index (χ2n) is 3.40. The summed E-state index contributed by atoms with van der Waals surface area (Å²) in [6.07, 6.45) is 5.85. The van der Waals surface area contributed by atoms with Gasteiger partial charge in [-0.1, -0.05) is 0 Å². The number of fused-ring (bicyclic) bond motifs is 1. The molecule has 0 saturated carbocycles. The number of aromatic nitrogens is 2. The van der Waals surface area contributed by atoms with Crippen molar-refractivity contribution in [1.82, 2.24) is 15.1 Å². The minimum absolute atomic E-state index is 0.176. The summed E-state index contributed by atoms with van der Waals surface area (Å²) < 4.78 is 1.90. The number of nitrogens with one attached hydrogen (secondary N) is 1. The van der Waals surface area contributed by atoms with Crippen LogP contribution in [-0.4, -0.2) is 16.2 Å². The normalized spacial score (nSPS) is 20.8. The largest absolute Gasteiger partial charge is 0.352 e. The molecule has 0 bridgehead atoms. The van der Waals surface area contributed by atoms with Crippen molar-refractivity contribution in [2.24, 2.45) is 7.05 Å². The van der Waals surface area contributed by atoms with Crippen LogP contribution in [0.1, 0.15) is 30.1 Å². The first-order valence-electron chi connectivity index (χ1n) is 4.53. The molecule has 0 saturated heterocycles. The smallest absolute Gasteiger partial charge is 0.207 e. The van der Waals surface area contributed by atoms with Crippen LogP contribution in [0.2, 0.25) is 0 Å². The molecule has 1 aliphatic rings. The molecule has 1 aliphatic carbocycles. The Balaban J connectivity index is 2.32. The van der Waals surface area contributed by atoms with Gasteiger partial charge in [0, 0.05) is 18.3 Å². The lowest BCUT2D eigenvalue weighted by Gasteiger charge is -2.21. The van der Waals surface area contributed by atoms with Crippen LogP contribution in [-0.2, 0) is 18.3 Å². The van der Waals surface area contributed by atoms with Crippen molar-refractivity contribution in [1.29, 1.82) is 0 Å². The highest BCUT2D eigenvalue weighted by atomic mass is 16.1. The van der Waals surface area contributed by atoms with Crippen LogP contribution < -0.4 is 5.32 Å². The summed E-state index contributed by atoms with van der Waals surface area (Å²) in [5, 5.41) is 7.01. The van der Waals surface area contributed by atoms with Crippen molar-refractivity contribution < 1.29 is 4.79 Å². The summed E-state index contributed by atoms with van der Waals surface area (Å²) in [7, 11) is 1.95. The maximum Gasteiger partial charge on any atom is 0.207 e. The highest BCUT2D eigenvalue weighted by molar-refractivity contribution is 5.48. The Hall–Kier alpha value is -1.32. The Bertz CT molecular complexity index is 319. The SMILES string of the molecule is Cn1ncc2c1CCC[C@@H]2NC=O. The minimum atomic E-state index is 0.176. The average Bonchev–Trinajstić information content (AvgIpc) is 2.50. The Kier molecular flexibility index (Phi) is 2.04. The van der Waals surface area contributed by atoms with Gasteiger partial charge in [0.15, 0.2) is 0 Å². The summed E-state index contributed by atoms with van der Waals surface area (Å²) in [6.45, 7) is 0. The van der Waals surface area contributed by atoms with Gasteiger partial charge in [-0.15, -0.1) is 0 Å². The highest BCUT2D eigenvalue weighted by Gasteiger charge is 2.22. The van der Waals surface area contributed by atoms with E-state index in [4.69, 9.17) is 0 Å². The molecular weight excluding hydrogens is 166 g/mol. The lowest BCUT2D eigenvalue weighted by Crippen LogP contribution is -2.23. The molecular formula is C9H13N3O. The Labute approximate surface area is 76.9 Å². The molecule has 4 heteroatoms. The fraction of sp³-hybridized carbons (Fsp3) is 0.556. The maximum atomic E-state index is 10.4. The van der Waals surface area contributed by atoms with E-state index < -0.39 is 0 Å². The third-order valence-electron chi connectivity index (χ3n) is 2.64. The monoisotopic (exact) mass is 179 g/mol. The molecule has 1 atom stereocenters. The van der Waals surface area contributed by atoms with Crippen molar-refractivity contribution in [2.45, 2.75) is 25.3 Å². The van der Waals surface area contributed by atoms with Gasteiger partial charge in [0.1, 0.15) is 0 Å². The second-order valence-corrected chi connectivity index (χ2v) is 3.40. The van der Waals surface area contributed by atoms with Crippen LogP contribution in [0.5, 0.6) is 0 Å². The Morgan fingerprint density at radius 2 is 2.62 bits per heavy atom. The summed E-state index contributed by atoms with van der Waals surface area (Å²) in [5.74, 6) is 0. The van der Waals surface area contributed by atoms with E-state index in [1.54, 1.807) is 0 Å². The quantitative estimate of drug-likeness (QED) is 0.674. The molecule has 0 radical (unpaired) electrons. The molecule has 2 rings (SSSR count). The topological polar surface area (TPSA) is 46.9 Å². The Morgan fingerprint density at radius 1 is 1.77 bits per heavy atom. The molecule has 0 unspecified atom stereocenters. The van der Waals surface area contributed by atoms with Crippen molar-refractivity contribution >= 4 is 6.41 Å². The van der Waals surface area contributed by atoms with Gasteiger partial charge >= 0.3 is 0 Å². The fourth-order valence-electron chi connectivity index (χ4n) is 1.96. The van der Waals surface area contributed by atoms with Crippen LogP contribution >= 0.6 is 0 Å². The van der Waals surface area contributed by atoms with Gasteiger partial charge in [-0.2, -0.15) is 5.10 Å². The van der Waals surface area contributed by atoms with E-state index in [-0.39, 0.29) is 6.04 Å². The summed E-state index contributed by atoms with van der Waals surface area (Å²) in [5.41, 5.74) is 2.44. The van der Waals surface area contributed by atoms with Gasteiger partial charge in [0.25, 0.3) is 0 Å². The molecule has 0 aromatic carbocycles. The third kappa shape index (κ3) is 1.32. The van der Waals surface area contributed by atoms with E-state index in [9.17, 15) is 4.79 Å². The molecule has 0 aliphatic heterocycles. The first-order valence-corrected chi connectivity index (χ1v) is 4.53. The molecule has 1 aromatic heterocycles. The van der Waals surface area contributed by atoms with Crippen LogP contribution in [0, 0.1) is 0 Å². The highest BCUT2D eigenvalue weighted by Crippen LogP contribution is 2.28. The predicted molar refractivity (Wildman–Crippen MR) is 48.1 cm³/mol. The average molecular weight is 179 g/mol. The molecule has 0 spiro atoms. The van der Waals surface area contributed by atoms with Gasteiger partial charge in [-0.3, -0.25) is 9.48 Å². The molecule has 13 heavy (non-hydrogen) atoms. The number of amides is 1. The molecule has 4 nitrogen and oxygen atoms in total. The second kappa shape index (κ2) is 3.20. The number of carbonyl (C=O) groups is 1. The number of rotatable bonds is 2. The van der Waals surface area contributed by atoms with Crippen LogP contribution in [0.3, 0.4) is 0 Å². The number of aryl methyl sites for hydroxylation is 1. The van der Waals surface area contributed by atoms with Crippen LogP contribution in [0.25, 0.3) is 0 Å². The number of nitrogens with zero attached hydrogens (tertiary/aromatic N) is 2. The number of hydrogen-bond donors (Lipinski definition) is 1. The van der Waals surface area contributed by atoms with Gasteiger partial charge in [-0.05, 0) is 19.3 Å². The zero-order valence-corrected chi connectivity index (χ0v) is 7.66. The first-order chi connectivity index (χ1) is 6.33. The summed E-state index contributed by atoms with van der Waals surface area (Å²) in [4.78, 5) is 10.4. The van der Waals surface area contributed by atoms with E-state index in [1.807, 2.05) is 17.9 Å². The zero-order chi connectivity index (χ0) is 9.26. The lowest BCUT2D eigenvalue weighted by molar-refractivity contribution is -0.110. The zero-order valence-electron chi connectivity index (χ0n) is 7.66. The maximum absolute atomic E-state index is 10.4. The van der Waals surface area contributed by atoms with Gasteiger partial charge < -0.3 is 5.32 Å². The molecule has 1 N–H and O–H groups in total. The predicted octanol–water partition coefficient (Wildman–Crippen LogP) is 0.543. The van der Waals surface area contributed by atoms with Crippen LogP contribution in [0.15, 0.2) is 6.20 Å². The van der Waals surface area contributed by atoms with Gasteiger partial charge in [-0.25, -0.2) is 0 Å². The fourth-order valence-corrected chi connectivity index (χ4v) is 1.96. The molecule has 0 fully saturated rings. The van der Waals surface area contributed by atoms with E-state index >= 15 is 0 Å². The first kappa shape index (κ1) is 8.29. The Morgan fingerprint density at radius 3 is 3.38 bits per heavy atom. The summed E-state index contributed by atoms with van der Waals surface area (Å²) >= 11 is 0. The molecule has 1 aromatic rings. The number of carbonyl (C=O) groups excluding carboxylic acids is 1. The van der Waals surface area contributed by atoms with E-state index in [2.05, 4.69) is 10.4 Å². The third-order valence-corrected chi connectivity index (χ3v) is 2.64. The number of hydrogen-bond acceptors (Lipinski definition) is 2. The minimum Gasteiger partial charge on any atom is -0.352 e. The molecule has 1 heterocycles. The van der Waals surface area contributed by atoms with E-state index in [1.165, 1.54) is 11.3 Å². The van der Waals surface area contributed by atoms with Crippen LogP contribution in [0.4, 0.5) is 0 Å². The standard InChI is InChI=1S/C9H13N3O/c1-12-9-4-2-3-8(10-6-13)7(9)5-11-12/h5-6,8H,2-4H2,1H3,(H,10,13)/t8-/m0/s1. The lowest BCUT2D eigenvalue weighted by atomic mass is 9.93. The van der Waals surface area contributed by atoms with Crippen molar-refractivity contribution in [3.05, 3.63) is 17.5 Å². The van der Waals surface area contributed by atoms with Crippen molar-refractivity contribution in [3.63, 3.8) is 0 Å². The van der Waals surface area contributed by atoms with E-state index in [0.29, 0.717) is 0 Å². The van der Waals surface area contributed by atoms with Gasteiger partial charge in [0.05, 0.1) is 12.2 Å². The molecule has 1 amide bonds.